The summed E-state index contributed by atoms with van der Waals surface area (Å²) in [5.41, 5.74) is -0.267. The summed E-state index contributed by atoms with van der Waals surface area (Å²) in [7, 11) is 0. The second-order valence-electron chi connectivity index (χ2n) is 5.63. The van der Waals surface area contributed by atoms with Crippen molar-refractivity contribution in [3.63, 3.8) is 0 Å². The topological polar surface area (TPSA) is 41.6 Å². The summed E-state index contributed by atoms with van der Waals surface area (Å²) in [6.07, 6.45) is 5.87. The molecule has 3 aliphatic rings. The maximum atomic E-state index is 12.7. The summed E-state index contributed by atoms with van der Waals surface area (Å²) >= 11 is 0. The number of hydrogen-bond acceptors (Lipinski definition) is 3. The van der Waals surface area contributed by atoms with E-state index in [1.165, 1.54) is 0 Å². The molecule has 3 unspecified atom stereocenters. The molecule has 0 aliphatic carbocycles. The van der Waals surface area contributed by atoms with E-state index in [0.29, 0.717) is 18.1 Å². The van der Waals surface area contributed by atoms with Crippen LogP contribution in [-0.4, -0.2) is 48.2 Å². The molecule has 17 heavy (non-hydrogen) atoms. The van der Waals surface area contributed by atoms with Gasteiger partial charge in [0.05, 0.1) is 17.7 Å². The van der Waals surface area contributed by atoms with E-state index in [2.05, 4.69) is 12.2 Å². The van der Waals surface area contributed by atoms with Crippen LogP contribution in [0.25, 0.3) is 0 Å². The van der Waals surface area contributed by atoms with Gasteiger partial charge in [0.1, 0.15) is 0 Å². The average Bonchev–Trinajstić information content (AvgIpc) is 2.96. The quantitative estimate of drug-likeness (QED) is 0.777. The molecule has 3 heterocycles. The zero-order valence-corrected chi connectivity index (χ0v) is 10.6. The van der Waals surface area contributed by atoms with E-state index in [1.54, 1.807) is 0 Å². The lowest BCUT2D eigenvalue weighted by Crippen LogP contribution is -2.58. The molecule has 1 N–H and O–H groups in total. The number of morpholine rings is 1. The Morgan fingerprint density at radius 2 is 2.12 bits per heavy atom. The molecule has 3 fully saturated rings. The molecule has 3 aliphatic heterocycles. The van der Waals surface area contributed by atoms with Crippen molar-refractivity contribution in [2.75, 3.05) is 19.6 Å². The second-order valence-corrected chi connectivity index (χ2v) is 5.63. The Morgan fingerprint density at radius 1 is 1.41 bits per heavy atom. The van der Waals surface area contributed by atoms with Crippen LogP contribution in [0, 0.1) is 0 Å². The van der Waals surface area contributed by atoms with E-state index in [4.69, 9.17) is 4.74 Å². The molecule has 0 aromatic carbocycles. The lowest BCUT2D eigenvalue weighted by atomic mass is 9.92. The highest BCUT2D eigenvalue weighted by Gasteiger charge is 2.45. The van der Waals surface area contributed by atoms with Gasteiger partial charge in [-0.3, -0.25) is 4.79 Å². The highest BCUT2D eigenvalue weighted by molar-refractivity contribution is 5.87. The first-order valence-corrected chi connectivity index (χ1v) is 6.93. The molecule has 2 bridgehead atoms. The van der Waals surface area contributed by atoms with Gasteiger partial charge in [-0.05, 0) is 38.6 Å². The van der Waals surface area contributed by atoms with Crippen LogP contribution in [0.2, 0.25) is 0 Å². The van der Waals surface area contributed by atoms with E-state index in [9.17, 15) is 4.79 Å². The van der Waals surface area contributed by atoms with E-state index >= 15 is 0 Å². The van der Waals surface area contributed by atoms with Crippen LogP contribution in [0.1, 0.15) is 39.0 Å². The SMILES string of the molecule is CCC1(C(=O)N2CC3CCC(C2)O3)CCCN1. The molecule has 0 spiro atoms. The monoisotopic (exact) mass is 238 g/mol. The highest BCUT2D eigenvalue weighted by atomic mass is 16.5. The minimum Gasteiger partial charge on any atom is -0.371 e. The number of nitrogens with zero attached hydrogens (tertiary/aromatic N) is 1. The number of carbonyl (C=O) groups is 1. The number of ether oxygens (including phenoxy) is 1. The number of rotatable bonds is 2. The first-order chi connectivity index (χ1) is 8.23. The molecule has 4 nitrogen and oxygen atoms in total. The van der Waals surface area contributed by atoms with Crippen molar-refractivity contribution in [3.05, 3.63) is 0 Å². The smallest absolute Gasteiger partial charge is 0.243 e. The van der Waals surface area contributed by atoms with Gasteiger partial charge in [-0.2, -0.15) is 0 Å². The van der Waals surface area contributed by atoms with E-state index in [1.807, 2.05) is 4.90 Å². The number of amides is 1. The molecule has 3 saturated heterocycles. The van der Waals surface area contributed by atoms with Crippen molar-refractivity contribution >= 4 is 5.91 Å². The summed E-state index contributed by atoms with van der Waals surface area (Å²) < 4.78 is 5.79. The first kappa shape index (κ1) is 11.5. The predicted molar refractivity (Wildman–Crippen MR) is 64.7 cm³/mol. The summed E-state index contributed by atoms with van der Waals surface area (Å²) in [6.45, 7) is 4.71. The fourth-order valence-electron chi connectivity index (χ4n) is 3.53. The zero-order valence-electron chi connectivity index (χ0n) is 10.6. The molecule has 0 saturated carbocycles. The van der Waals surface area contributed by atoms with Crippen molar-refractivity contribution in [1.29, 1.82) is 0 Å². The molecule has 0 aromatic rings. The van der Waals surface area contributed by atoms with Crippen LogP contribution in [0.3, 0.4) is 0 Å². The molecule has 0 aromatic heterocycles. The third-order valence-electron chi connectivity index (χ3n) is 4.59. The highest BCUT2D eigenvalue weighted by Crippen LogP contribution is 2.31. The van der Waals surface area contributed by atoms with Crippen LogP contribution in [0.15, 0.2) is 0 Å². The summed E-state index contributed by atoms with van der Waals surface area (Å²) in [4.78, 5) is 14.7. The number of likely N-dealkylation sites (tertiary alicyclic amines) is 1. The van der Waals surface area contributed by atoms with Gasteiger partial charge in [0, 0.05) is 13.1 Å². The van der Waals surface area contributed by atoms with Crippen LogP contribution in [0.5, 0.6) is 0 Å². The Labute approximate surface area is 103 Å². The molecular weight excluding hydrogens is 216 g/mol. The van der Waals surface area contributed by atoms with Crippen molar-refractivity contribution in [1.82, 2.24) is 10.2 Å². The molecule has 4 heteroatoms. The van der Waals surface area contributed by atoms with Gasteiger partial charge in [0.2, 0.25) is 5.91 Å². The Bertz CT molecular complexity index is 301. The van der Waals surface area contributed by atoms with Crippen LogP contribution >= 0.6 is 0 Å². The largest absolute Gasteiger partial charge is 0.371 e. The van der Waals surface area contributed by atoms with Crippen molar-refractivity contribution in [2.24, 2.45) is 0 Å². The van der Waals surface area contributed by atoms with Crippen LogP contribution in [0.4, 0.5) is 0 Å². The second kappa shape index (κ2) is 4.25. The van der Waals surface area contributed by atoms with Gasteiger partial charge in [-0.1, -0.05) is 6.92 Å². The summed E-state index contributed by atoms with van der Waals surface area (Å²) in [6, 6.07) is 0. The Hall–Kier alpha value is -0.610. The van der Waals surface area contributed by atoms with Gasteiger partial charge >= 0.3 is 0 Å². The standard InChI is InChI=1S/C13H22N2O2/c1-2-13(6-3-7-14-13)12(16)15-8-10-4-5-11(9-15)17-10/h10-11,14H,2-9H2,1H3. The molecule has 3 atom stereocenters. The van der Waals surface area contributed by atoms with Gasteiger partial charge in [-0.25, -0.2) is 0 Å². The van der Waals surface area contributed by atoms with E-state index in [0.717, 1.165) is 51.7 Å². The van der Waals surface area contributed by atoms with Crippen molar-refractivity contribution in [3.8, 4) is 0 Å². The maximum absolute atomic E-state index is 12.7. The zero-order chi connectivity index (χ0) is 11.9. The minimum absolute atomic E-state index is 0.267. The lowest BCUT2D eigenvalue weighted by Gasteiger charge is -2.38. The fourth-order valence-corrected chi connectivity index (χ4v) is 3.53. The van der Waals surface area contributed by atoms with E-state index < -0.39 is 0 Å². The Morgan fingerprint density at radius 3 is 2.65 bits per heavy atom. The van der Waals surface area contributed by atoms with Crippen molar-refractivity contribution < 1.29 is 9.53 Å². The normalized spacial score (nSPS) is 40.9. The van der Waals surface area contributed by atoms with Gasteiger partial charge in [0.15, 0.2) is 0 Å². The number of nitrogens with one attached hydrogen (secondary N) is 1. The Kier molecular flexibility index (Phi) is 2.87. The Balaban J connectivity index is 1.73. The minimum atomic E-state index is -0.267. The van der Waals surface area contributed by atoms with Crippen molar-refractivity contribution in [2.45, 2.75) is 56.8 Å². The summed E-state index contributed by atoms with van der Waals surface area (Å²) in [5, 5.41) is 3.43. The van der Waals surface area contributed by atoms with Crippen LogP contribution in [-0.2, 0) is 9.53 Å². The number of carbonyl (C=O) groups excluding carboxylic acids is 1. The van der Waals surface area contributed by atoms with Gasteiger partial charge in [0.25, 0.3) is 0 Å². The molecule has 96 valence electrons. The number of hydrogen-bond donors (Lipinski definition) is 1. The average molecular weight is 238 g/mol. The third-order valence-corrected chi connectivity index (χ3v) is 4.59. The predicted octanol–water partition coefficient (Wildman–Crippen LogP) is 0.908. The third kappa shape index (κ3) is 1.87. The molecule has 0 radical (unpaired) electrons. The first-order valence-electron chi connectivity index (χ1n) is 6.93. The maximum Gasteiger partial charge on any atom is 0.243 e. The van der Waals surface area contributed by atoms with E-state index in [-0.39, 0.29) is 5.54 Å². The van der Waals surface area contributed by atoms with Gasteiger partial charge in [-0.15, -0.1) is 0 Å². The fraction of sp³-hybridized carbons (Fsp3) is 0.923. The van der Waals surface area contributed by atoms with Crippen LogP contribution < -0.4 is 5.32 Å². The molecule has 3 rings (SSSR count). The summed E-state index contributed by atoms with van der Waals surface area (Å²) in [5.74, 6) is 0.317. The number of fused-ring (bicyclic) bond motifs is 2. The molecule has 1 amide bonds. The van der Waals surface area contributed by atoms with Gasteiger partial charge < -0.3 is 15.0 Å². The molecular formula is C13H22N2O2. The lowest BCUT2D eigenvalue weighted by molar-refractivity contribution is -0.146.